The summed E-state index contributed by atoms with van der Waals surface area (Å²) in [4.78, 5) is 4.63. The summed E-state index contributed by atoms with van der Waals surface area (Å²) in [5.74, 6) is 0.421. The van der Waals surface area contributed by atoms with E-state index in [4.69, 9.17) is 4.74 Å². The molecule has 0 bridgehead atoms. The Morgan fingerprint density at radius 1 is 1.03 bits per heavy atom. The lowest BCUT2D eigenvalue weighted by molar-refractivity contribution is 0.273. The van der Waals surface area contributed by atoms with Gasteiger partial charge in [-0.3, -0.25) is 4.98 Å². The molecule has 0 radical (unpaired) electrons. The van der Waals surface area contributed by atoms with Crippen LogP contribution in [0.25, 0.3) is 22.0 Å². The number of benzene rings is 3. The van der Waals surface area contributed by atoms with Crippen LogP contribution in [-0.4, -0.2) is 16.7 Å². The molecule has 1 atom stereocenters. The van der Waals surface area contributed by atoms with E-state index in [9.17, 15) is 9.50 Å². The third-order valence-electron chi connectivity index (χ3n) is 5.37. The van der Waals surface area contributed by atoms with Crippen LogP contribution >= 0.6 is 0 Å². The number of pyridine rings is 1. The van der Waals surface area contributed by atoms with E-state index in [-0.39, 0.29) is 18.3 Å². The zero-order valence-electron chi connectivity index (χ0n) is 17.1. The first kappa shape index (κ1) is 20.0. The molecule has 30 heavy (non-hydrogen) atoms. The Balaban J connectivity index is 1.77. The summed E-state index contributed by atoms with van der Waals surface area (Å²) >= 11 is 0. The van der Waals surface area contributed by atoms with Gasteiger partial charge in [-0.25, -0.2) is 4.39 Å². The highest BCUT2D eigenvalue weighted by molar-refractivity contribution is 5.97. The zero-order chi connectivity index (χ0) is 21.1. The number of aromatic nitrogens is 1. The van der Waals surface area contributed by atoms with Gasteiger partial charge < -0.3 is 9.84 Å². The molecule has 0 fully saturated rings. The van der Waals surface area contributed by atoms with E-state index in [0.717, 1.165) is 38.9 Å². The topological polar surface area (TPSA) is 42.4 Å². The molecular formula is C26H24FNO2. The van der Waals surface area contributed by atoms with Crippen molar-refractivity contribution < 1.29 is 14.2 Å². The minimum atomic E-state index is -0.231. The summed E-state index contributed by atoms with van der Waals surface area (Å²) in [6.07, 6.45) is 1.80. The van der Waals surface area contributed by atoms with E-state index < -0.39 is 0 Å². The number of hydrogen-bond donors (Lipinski definition) is 1. The number of aliphatic hydroxyl groups excluding tert-OH is 1. The third kappa shape index (κ3) is 4.05. The Kier molecular flexibility index (Phi) is 5.77. The summed E-state index contributed by atoms with van der Waals surface area (Å²) in [6, 6.07) is 21.0. The smallest absolute Gasteiger partial charge is 0.126 e. The van der Waals surface area contributed by atoms with E-state index in [1.165, 1.54) is 6.07 Å². The maximum Gasteiger partial charge on any atom is 0.126 e. The fourth-order valence-corrected chi connectivity index (χ4v) is 3.61. The summed E-state index contributed by atoms with van der Waals surface area (Å²) < 4.78 is 19.8. The minimum Gasteiger partial charge on any atom is -0.489 e. The van der Waals surface area contributed by atoms with Gasteiger partial charge in [0.05, 0.1) is 5.52 Å². The maximum atomic E-state index is 13.9. The van der Waals surface area contributed by atoms with E-state index in [1.54, 1.807) is 19.2 Å². The third-order valence-corrected chi connectivity index (χ3v) is 5.37. The highest BCUT2D eigenvalue weighted by atomic mass is 19.1. The monoisotopic (exact) mass is 401 g/mol. The normalized spacial score (nSPS) is 12.1. The Bertz CT molecular complexity index is 1170. The first-order valence-corrected chi connectivity index (χ1v) is 10.0. The van der Waals surface area contributed by atoms with Crippen molar-refractivity contribution in [1.29, 1.82) is 0 Å². The number of hydrogen-bond acceptors (Lipinski definition) is 3. The highest BCUT2D eigenvalue weighted by Gasteiger charge is 2.17. The van der Waals surface area contributed by atoms with Crippen molar-refractivity contribution in [3.8, 4) is 16.9 Å². The van der Waals surface area contributed by atoms with Crippen LogP contribution in [0.2, 0.25) is 0 Å². The predicted octanol–water partition coefficient (Wildman–Crippen LogP) is 6.02. The van der Waals surface area contributed by atoms with E-state index >= 15 is 0 Å². The molecule has 0 aliphatic carbocycles. The number of nitrogens with zero attached hydrogens (tertiary/aromatic N) is 1. The van der Waals surface area contributed by atoms with Crippen LogP contribution in [0.3, 0.4) is 0 Å². The molecule has 0 aliphatic heterocycles. The van der Waals surface area contributed by atoms with Gasteiger partial charge in [-0.2, -0.15) is 0 Å². The second-order valence-corrected chi connectivity index (χ2v) is 7.59. The molecule has 1 heterocycles. The average Bonchev–Trinajstić information content (AvgIpc) is 2.78. The molecule has 3 aromatic carbocycles. The number of rotatable bonds is 6. The Morgan fingerprint density at radius 3 is 2.57 bits per heavy atom. The van der Waals surface area contributed by atoms with E-state index in [0.29, 0.717) is 12.2 Å². The van der Waals surface area contributed by atoms with Crippen molar-refractivity contribution >= 4 is 10.9 Å². The minimum absolute atomic E-state index is 0.0125. The first-order chi connectivity index (χ1) is 14.6. The molecule has 0 saturated carbocycles. The number of halogens is 1. The molecule has 0 aliphatic rings. The standard InChI is InChI=1S/C26H24FNO2/c1-17-12-20(8-11-24(17)27)26-22-10-9-21(30-16-19-6-4-3-5-7-19)13-25(22)28-14-23(26)18(2)15-29/h3-14,18,29H,15-16H2,1-2H3. The summed E-state index contributed by atoms with van der Waals surface area (Å²) in [5, 5.41) is 10.7. The number of ether oxygens (including phenoxy) is 1. The van der Waals surface area contributed by atoms with Crippen molar-refractivity contribution in [3.63, 3.8) is 0 Å². The fourth-order valence-electron chi connectivity index (χ4n) is 3.61. The Morgan fingerprint density at radius 2 is 1.83 bits per heavy atom. The highest BCUT2D eigenvalue weighted by Crippen LogP contribution is 2.36. The molecule has 1 N–H and O–H groups in total. The molecule has 1 unspecified atom stereocenters. The van der Waals surface area contributed by atoms with Crippen LogP contribution in [-0.2, 0) is 6.61 Å². The van der Waals surface area contributed by atoms with Gasteiger partial charge in [0.25, 0.3) is 0 Å². The number of aryl methyl sites for hydroxylation is 1. The van der Waals surface area contributed by atoms with Gasteiger partial charge >= 0.3 is 0 Å². The van der Waals surface area contributed by atoms with Crippen LogP contribution in [0.5, 0.6) is 5.75 Å². The number of aliphatic hydroxyl groups is 1. The van der Waals surface area contributed by atoms with Crippen LogP contribution in [0, 0.1) is 12.7 Å². The maximum absolute atomic E-state index is 13.9. The second-order valence-electron chi connectivity index (χ2n) is 7.59. The molecule has 152 valence electrons. The first-order valence-electron chi connectivity index (χ1n) is 10.0. The van der Waals surface area contributed by atoms with Crippen molar-refractivity contribution in [2.45, 2.75) is 26.4 Å². The molecular weight excluding hydrogens is 377 g/mol. The average molecular weight is 401 g/mol. The van der Waals surface area contributed by atoms with Crippen LogP contribution < -0.4 is 4.74 Å². The SMILES string of the molecule is Cc1cc(-c2c(C(C)CO)cnc3cc(OCc4ccccc4)ccc23)ccc1F. The van der Waals surface area contributed by atoms with Crippen LogP contribution in [0.1, 0.15) is 29.5 Å². The molecule has 0 amide bonds. The molecule has 4 aromatic rings. The molecule has 0 spiro atoms. The summed E-state index contributed by atoms with van der Waals surface area (Å²) in [7, 11) is 0. The van der Waals surface area contributed by atoms with Crippen molar-refractivity contribution in [3.05, 3.63) is 95.4 Å². The Labute approximate surface area is 175 Å². The van der Waals surface area contributed by atoms with Gasteiger partial charge in [-0.05, 0) is 59.0 Å². The predicted molar refractivity (Wildman–Crippen MR) is 118 cm³/mol. The van der Waals surface area contributed by atoms with Gasteiger partial charge in [-0.15, -0.1) is 0 Å². The lowest BCUT2D eigenvalue weighted by atomic mass is 9.90. The molecule has 3 nitrogen and oxygen atoms in total. The van der Waals surface area contributed by atoms with Gasteiger partial charge in [0.1, 0.15) is 18.2 Å². The van der Waals surface area contributed by atoms with E-state index in [2.05, 4.69) is 4.98 Å². The lowest BCUT2D eigenvalue weighted by Gasteiger charge is -2.18. The largest absolute Gasteiger partial charge is 0.489 e. The molecule has 4 heteroatoms. The van der Waals surface area contributed by atoms with Crippen molar-refractivity contribution in [2.24, 2.45) is 0 Å². The summed E-state index contributed by atoms with van der Waals surface area (Å²) in [5.41, 5.74) is 5.30. The molecule has 1 aromatic heterocycles. The second kappa shape index (κ2) is 8.64. The van der Waals surface area contributed by atoms with Crippen molar-refractivity contribution in [2.75, 3.05) is 6.61 Å². The summed E-state index contributed by atoms with van der Waals surface area (Å²) in [6.45, 7) is 4.21. The lowest BCUT2D eigenvalue weighted by Crippen LogP contribution is -2.03. The molecule has 4 rings (SSSR count). The van der Waals surface area contributed by atoms with Gasteiger partial charge in [0, 0.05) is 30.2 Å². The number of fused-ring (bicyclic) bond motifs is 1. The van der Waals surface area contributed by atoms with Crippen molar-refractivity contribution in [1.82, 2.24) is 4.98 Å². The van der Waals surface area contributed by atoms with Gasteiger partial charge in [-0.1, -0.05) is 43.3 Å². The molecule has 0 saturated heterocycles. The quantitative estimate of drug-likeness (QED) is 0.429. The van der Waals surface area contributed by atoms with E-state index in [1.807, 2.05) is 61.5 Å². The van der Waals surface area contributed by atoms with Crippen LogP contribution in [0.4, 0.5) is 4.39 Å². The van der Waals surface area contributed by atoms with Gasteiger partial charge in [0.2, 0.25) is 0 Å². The Hall–Kier alpha value is -3.24. The van der Waals surface area contributed by atoms with Crippen LogP contribution in [0.15, 0.2) is 72.9 Å². The zero-order valence-corrected chi connectivity index (χ0v) is 17.1. The van der Waals surface area contributed by atoms with Gasteiger partial charge in [0.15, 0.2) is 0 Å². The fraction of sp³-hybridized carbons (Fsp3) is 0.192.